The molecule has 0 spiro atoms. The molecule has 10 heteroatoms. The molecule has 1 heterocycles. The number of nitrogens with one attached hydrogen (secondary N) is 2. The van der Waals surface area contributed by atoms with Gasteiger partial charge in [0, 0.05) is 44.0 Å². The van der Waals surface area contributed by atoms with Crippen LogP contribution in [0.2, 0.25) is 0 Å². The second-order valence-corrected chi connectivity index (χ2v) is 10.5. The summed E-state index contributed by atoms with van der Waals surface area (Å²) in [6.07, 6.45) is 1.55. The number of benzene rings is 4. The topological polar surface area (TPSA) is 105 Å². The quantitative estimate of drug-likeness (QED) is 0.176. The van der Waals surface area contributed by atoms with Gasteiger partial charge in [-0.15, -0.1) is 0 Å². The van der Waals surface area contributed by atoms with E-state index in [0.29, 0.717) is 22.7 Å². The summed E-state index contributed by atoms with van der Waals surface area (Å²) < 4.78 is 16.2. The molecule has 10 nitrogen and oxygen atoms in total. The van der Waals surface area contributed by atoms with Crippen molar-refractivity contribution in [3.05, 3.63) is 114 Å². The van der Waals surface area contributed by atoms with Crippen molar-refractivity contribution in [3.8, 4) is 17.2 Å². The number of hydrazone groups is 1. The van der Waals surface area contributed by atoms with Gasteiger partial charge >= 0.3 is 0 Å². The maximum Gasteiger partial charge on any atom is 0.271 e. The molecule has 4 aromatic carbocycles. The van der Waals surface area contributed by atoms with Crippen LogP contribution in [0, 0.1) is 0 Å². The highest BCUT2D eigenvalue weighted by Crippen LogP contribution is 2.28. The van der Waals surface area contributed by atoms with Crippen molar-refractivity contribution < 1.29 is 23.8 Å². The zero-order valence-corrected chi connectivity index (χ0v) is 25.4. The monoisotopic (exact) mass is 607 g/mol. The van der Waals surface area contributed by atoms with Gasteiger partial charge in [-0.3, -0.25) is 14.5 Å². The largest absolute Gasteiger partial charge is 0.497 e. The molecule has 1 saturated heterocycles. The van der Waals surface area contributed by atoms with Crippen molar-refractivity contribution in [2.75, 3.05) is 57.2 Å². The van der Waals surface area contributed by atoms with Crippen molar-refractivity contribution in [3.63, 3.8) is 0 Å². The zero-order valence-electron chi connectivity index (χ0n) is 25.4. The van der Waals surface area contributed by atoms with E-state index in [-0.39, 0.29) is 18.4 Å². The van der Waals surface area contributed by atoms with Crippen LogP contribution in [-0.4, -0.2) is 69.9 Å². The first-order chi connectivity index (χ1) is 22.0. The third-order valence-corrected chi connectivity index (χ3v) is 7.42. The molecule has 0 unspecified atom stereocenters. The van der Waals surface area contributed by atoms with E-state index in [4.69, 9.17) is 14.2 Å². The van der Waals surface area contributed by atoms with Gasteiger partial charge in [0.05, 0.1) is 26.1 Å². The zero-order chi connectivity index (χ0) is 31.4. The second-order valence-electron chi connectivity index (χ2n) is 10.5. The van der Waals surface area contributed by atoms with Crippen molar-refractivity contribution in [1.29, 1.82) is 0 Å². The van der Waals surface area contributed by atoms with Crippen LogP contribution in [0.1, 0.15) is 21.5 Å². The minimum atomic E-state index is -0.286. The number of piperazine rings is 1. The summed E-state index contributed by atoms with van der Waals surface area (Å²) in [4.78, 5) is 29.6. The number of nitrogens with zero attached hydrogens (tertiary/aromatic N) is 3. The maximum absolute atomic E-state index is 12.6. The Morgan fingerprint density at radius 1 is 0.800 bits per heavy atom. The van der Waals surface area contributed by atoms with Crippen molar-refractivity contribution in [2.24, 2.45) is 5.10 Å². The number of rotatable bonds is 12. The van der Waals surface area contributed by atoms with Crippen LogP contribution < -0.4 is 29.9 Å². The van der Waals surface area contributed by atoms with Gasteiger partial charge < -0.3 is 24.4 Å². The minimum absolute atomic E-state index is 0.130. The average molecular weight is 608 g/mol. The van der Waals surface area contributed by atoms with E-state index >= 15 is 0 Å². The number of anilines is 2. The number of carbonyl (C=O) groups excluding carboxylic acids is 2. The van der Waals surface area contributed by atoms with Gasteiger partial charge in [0.25, 0.3) is 11.8 Å². The number of carbonyl (C=O) groups is 2. The maximum atomic E-state index is 12.6. The molecule has 2 N–H and O–H groups in total. The first kappa shape index (κ1) is 31.1. The summed E-state index contributed by atoms with van der Waals surface area (Å²) in [5.74, 6) is 1.59. The van der Waals surface area contributed by atoms with E-state index in [0.717, 1.165) is 55.3 Å². The Morgan fingerprint density at radius 2 is 1.49 bits per heavy atom. The highest BCUT2D eigenvalue weighted by Gasteiger charge is 2.19. The molecule has 2 amide bonds. The fraction of sp³-hybridized carbons (Fsp3) is 0.229. The summed E-state index contributed by atoms with van der Waals surface area (Å²) in [5, 5.41) is 6.85. The molecule has 0 aromatic heterocycles. The van der Waals surface area contributed by atoms with E-state index in [1.165, 1.54) is 0 Å². The normalized spacial score (nSPS) is 13.3. The molecule has 45 heavy (non-hydrogen) atoms. The van der Waals surface area contributed by atoms with Gasteiger partial charge in [0.15, 0.2) is 6.61 Å². The Hall–Kier alpha value is -5.35. The first-order valence-corrected chi connectivity index (χ1v) is 14.7. The molecule has 0 bridgehead atoms. The van der Waals surface area contributed by atoms with Crippen molar-refractivity contribution >= 4 is 29.4 Å². The van der Waals surface area contributed by atoms with E-state index in [2.05, 4.69) is 31.7 Å². The lowest BCUT2D eigenvalue weighted by Crippen LogP contribution is -2.46. The fourth-order valence-corrected chi connectivity index (χ4v) is 4.96. The standard InChI is InChI=1S/C35H37N5O5/c1-43-30-17-13-29(14-18-30)37-34(41)25-45-31-15-9-26(10-16-31)23-36-38-35(42)28-11-7-27(8-12-28)24-39-19-21-40(22-20-39)32-5-3-4-6-33(32)44-2/h3-18,23H,19-22,24-25H2,1-2H3,(H,37,41)(H,38,42)/b36-23-. The number of ether oxygens (including phenoxy) is 3. The fourth-order valence-electron chi connectivity index (χ4n) is 4.96. The molecule has 232 valence electrons. The van der Waals surface area contributed by atoms with E-state index in [1.807, 2.05) is 42.5 Å². The minimum Gasteiger partial charge on any atom is -0.497 e. The van der Waals surface area contributed by atoms with Crippen LogP contribution in [0.15, 0.2) is 102 Å². The number of methoxy groups -OCH3 is 2. The van der Waals surface area contributed by atoms with Gasteiger partial charge in [-0.05, 0) is 83.9 Å². The smallest absolute Gasteiger partial charge is 0.271 e. The molecule has 0 saturated carbocycles. The Morgan fingerprint density at radius 3 is 2.18 bits per heavy atom. The lowest BCUT2D eigenvalue weighted by molar-refractivity contribution is -0.118. The summed E-state index contributed by atoms with van der Waals surface area (Å²) >= 11 is 0. The van der Waals surface area contributed by atoms with Gasteiger partial charge in [-0.2, -0.15) is 5.10 Å². The SMILES string of the molecule is COc1ccc(NC(=O)COc2ccc(/C=N\NC(=O)c3ccc(CN4CCN(c5ccccc5OC)CC4)cc3)cc2)cc1. The summed E-state index contributed by atoms with van der Waals surface area (Å²) in [7, 11) is 3.29. The Kier molecular flexibility index (Phi) is 10.6. The van der Waals surface area contributed by atoms with Crippen molar-refractivity contribution in [2.45, 2.75) is 6.54 Å². The lowest BCUT2D eigenvalue weighted by atomic mass is 10.1. The Balaban J connectivity index is 1.02. The van der Waals surface area contributed by atoms with Gasteiger partial charge in [-0.1, -0.05) is 24.3 Å². The number of hydrogen-bond acceptors (Lipinski definition) is 8. The van der Waals surface area contributed by atoms with Gasteiger partial charge in [-0.25, -0.2) is 5.43 Å². The number of amides is 2. The molecule has 0 aliphatic carbocycles. The van der Waals surface area contributed by atoms with Crippen LogP contribution in [0.25, 0.3) is 0 Å². The van der Waals surface area contributed by atoms with E-state index in [9.17, 15) is 9.59 Å². The molecule has 1 fully saturated rings. The van der Waals surface area contributed by atoms with Crippen LogP contribution >= 0.6 is 0 Å². The molecule has 0 radical (unpaired) electrons. The van der Waals surface area contributed by atoms with Gasteiger partial charge in [0.2, 0.25) is 0 Å². The van der Waals surface area contributed by atoms with E-state index < -0.39 is 0 Å². The molecule has 1 aliphatic rings. The first-order valence-electron chi connectivity index (χ1n) is 14.7. The van der Waals surface area contributed by atoms with Crippen LogP contribution in [-0.2, 0) is 11.3 Å². The van der Waals surface area contributed by atoms with Crippen molar-refractivity contribution in [1.82, 2.24) is 10.3 Å². The third kappa shape index (κ3) is 8.84. The predicted octanol–water partition coefficient (Wildman–Crippen LogP) is 4.81. The Bertz CT molecular complexity index is 1580. The Labute approximate surface area is 263 Å². The molecule has 4 aromatic rings. The number of hydrogen-bond donors (Lipinski definition) is 2. The van der Waals surface area contributed by atoms with Gasteiger partial charge in [0.1, 0.15) is 17.2 Å². The molecule has 0 atom stereocenters. The highest BCUT2D eigenvalue weighted by atomic mass is 16.5. The summed E-state index contributed by atoms with van der Waals surface area (Å²) in [5.41, 5.74) is 6.82. The molecular weight excluding hydrogens is 570 g/mol. The second kappa shape index (κ2) is 15.4. The predicted molar refractivity (Wildman–Crippen MR) is 176 cm³/mol. The van der Waals surface area contributed by atoms with Crippen LogP contribution in [0.5, 0.6) is 17.2 Å². The summed E-state index contributed by atoms with van der Waals surface area (Å²) in [6, 6.07) is 29.8. The molecule has 1 aliphatic heterocycles. The average Bonchev–Trinajstić information content (AvgIpc) is 3.09. The lowest BCUT2D eigenvalue weighted by Gasteiger charge is -2.36. The highest BCUT2D eigenvalue weighted by molar-refractivity contribution is 5.95. The number of para-hydroxylation sites is 2. The third-order valence-electron chi connectivity index (χ3n) is 7.42. The van der Waals surface area contributed by atoms with Crippen LogP contribution in [0.3, 0.4) is 0 Å². The molecular formula is C35H37N5O5. The molecule has 5 rings (SSSR count). The van der Waals surface area contributed by atoms with E-state index in [1.54, 1.807) is 69.0 Å². The van der Waals surface area contributed by atoms with Crippen LogP contribution in [0.4, 0.5) is 11.4 Å². The summed E-state index contributed by atoms with van der Waals surface area (Å²) in [6.45, 7) is 4.44.